The average molecular weight is 197 g/mol. The van der Waals surface area contributed by atoms with Gasteiger partial charge in [-0.2, -0.15) is 0 Å². The maximum absolute atomic E-state index is 5.58. The highest BCUT2D eigenvalue weighted by atomic mass is 16.5. The van der Waals surface area contributed by atoms with Gasteiger partial charge in [-0.05, 0) is 50.5 Å². The van der Waals surface area contributed by atoms with Crippen molar-refractivity contribution in [3.05, 3.63) is 0 Å². The van der Waals surface area contributed by atoms with E-state index in [9.17, 15) is 0 Å². The third-order valence-electron chi connectivity index (χ3n) is 3.46. The van der Waals surface area contributed by atoms with Gasteiger partial charge >= 0.3 is 0 Å². The zero-order chi connectivity index (χ0) is 9.80. The number of hydrogen-bond donors (Lipinski definition) is 1. The fourth-order valence-electron chi connectivity index (χ4n) is 2.53. The number of hydrogen-bond acceptors (Lipinski definition) is 2. The van der Waals surface area contributed by atoms with E-state index in [4.69, 9.17) is 4.74 Å². The number of rotatable bonds is 5. The predicted molar refractivity (Wildman–Crippen MR) is 58.3 cm³/mol. The smallest absolute Gasteiger partial charge is 0.0509 e. The minimum Gasteiger partial charge on any atom is -0.381 e. The highest BCUT2D eigenvalue weighted by Gasteiger charge is 2.36. The van der Waals surface area contributed by atoms with Gasteiger partial charge in [0.1, 0.15) is 0 Å². The third-order valence-corrected chi connectivity index (χ3v) is 3.46. The average Bonchev–Trinajstić information content (AvgIpc) is 3.04. The molecule has 0 amide bonds. The summed E-state index contributed by atoms with van der Waals surface area (Å²) in [5.74, 6) is 1.76. The van der Waals surface area contributed by atoms with Gasteiger partial charge in [-0.15, -0.1) is 0 Å². The van der Waals surface area contributed by atoms with Gasteiger partial charge in [0.25, 0.3) is 0 Å². The molecule has 1 aliphatic heterocycles. The predicted octanol–water partition coefficient (Wildman–Crippen LogP) is 2.19. The Bertz CT molecular complexity index is 162. The van der Waals surface area contributed by atoms with Crippen LogP contribution in [0.1, 0.15) is 39.0 Å². The van der Waals surface area contributed by atoms with E-state index in [1.807, 2.05) is 0 Å². The molecule has 2 fully saturated rings. The second-order valence-electron chi connectivity index (χ2n) is 4.79. The lowest BCUT2D eigenvalue weighted by molar-refractivity contribution is 0.0357. The largest absolute Gasteiger partial charge is 0.381 e. The molecule has 1 N–H and O–H groups in total. The van der Waals surface area contributed by atoms with Crippen LogP contribution >= 0.6 is 0 Å². The first-order valence-electron chi connectivity index (χ1n) is 6.23. The SMILES string of the molecule is CCCNC(C1CC1)C1CCCOC1. The van der Waals surface area contributed by atoms with Crippen LogP contribution in [0.5, 0.6) is 0 Å². The highest BCUT2D eigenvalue weighted by molar-refractivity contribution is 4.91. The summed E-state index contributed by atoms with van der Waals surface area (Å²) < 4.78 is 5.58. The summed E-state index contributed by atoms with van der Waals surface area (Å²) in [6, 6.07) is 0.759. The lowest BCUT2D eigenvalue weighted by atomic mass is 9.90. The van der Waals surface area contributed by atoms with Crippen LogP contribution < -0.4 is 5.32 Å². The van der Waals surface area contributed by atoms with Gasteiger partial charge in [0, 0.05) is 12.6 Å². The van der Waals surface area contributed by atoms with Crippen molar-refractivity contribution in [1.82, 2.24) is 5.32 Å². The Kier molecular flexibility index (Phi) is 3.82. The second-order valence-corrected chi connectivity index (χ2v) is 4.79. The van der Waals surface area contributed by atoms with E-state index in [1.165, 1.54) is 38.6 Å². The van der Waals surface area contributed by atoms with Crippen LogP contribution in [0.15, 0.2) is 0 Å². The fraction of sp³-hybridized carbons (Fsp3) is 1.00. The van der Waals surface area contributed by atoms with Crippen LogP contribution in [0.25, 0.3) is 0 Å². The molecule has 2 nitrogen and oxygen atoms in total. The van der Waals surface area contributed by atoms with Crippen molar-refractivity contribution in [2.24, 2.45) is 11.8 Å². The molecule has 2 unspecified atom stereocenters. The lowest BCUT2D eigenvalue weighted by Gasteiger charge is -2.31. The summed E-state index contributed by atoms with van der Waals surface area (Å²) >= 11 is 0. The standard InChI is InChI=1S/C12H23NO/c1-2-7-13-12(10-5-6-10)11-4-3-8-14-9-11/h10-13H,2-9H2,1H3. The van der Waals surface area contributed by atoms with E-state index >= 15 is 0 Å². The van der Waals surface area contributed by atoms with E-state index in [-0.39, 0.29) is 0 Å². The van der Waals surface area contributed by atoms with Gasteiger partial charge in [0.15, 0.2) is 0 Å². The van der Waals surface area contributed by atoms with Crippen LogP contribution in [-0.4, -0.2) is 25.8 Å². The van der Waals surface area contributed by atoms with Crippen molar-refractivity contribution in [3.8, 4) is 0 Å². The van der Waals surface area contributed by atoms with Crippen LogP contribution in [-0.2, 0) is 4.74 Å². The number of ether oxygens (including phenoxy) is 1. The summed E-state index contributed by atoms with van der Waals surface area (Å²) in [5, 5.41) is 3.72. The molecule has 0 aromatic heterocycles. The Hall–Kier alpha value is -0.0800. The quantitative estimate of drug-likeness (QED) is 0.729. The van der Waals surface area contributed by atoms with Gasteiger partial charge in [-0.1, -0.05) is 6.92 Å². The van der Waals surface area contributed by atoms with Crippen molar-refractivity contribution < 1.29 is 4.74 Å². The summed E-state index contributed by atoms with van der Waals surface area (Å²) in [5.41, 5.74) is 0. The third kappa shape index (κ3) is 2.71. The van der Waals surface area contributed by atoms with Crippen molar-refractivity contribution in [2.75, 3.05) is 19.8 Å². The van der Waals surface area contributed by atoms with Crippen LogP contribution in [0.2, 0.25) is 0 Å². The van der Waals surface area contributed by atoms with Crippen LogP contribution in [0, 0.1) is 11.8 Å². The van der Waals surface area contributed by atoms with Gasteiger partial charge < -0.3 is 10.1 Å². The van der Waals surface area contributed by atoms with E-state index in [0.29, 0.717) is 0 Å². The summed E-state index contributed by atoms with van der Waals surface area (Å²) in [7, 11) is 0. The molecule has 1 saturated heterocycles. The first kappa shape index (κ1) is 10.4. The molecular weight excluding hydrogens is 174 g/mol. The molecule has 2 aliphatic rings. The van der Waals surface area contributed by atoms with Gasteiger partial charge in [-0.3, -0.25) is 0 Å². The Balaban J connectivity index is 1.81. The summed E-state index contributed by atoms with van der Waals surface area (Å²) in [6.45, 7) is 5.41. The Morgan fingerprint density at radius 1 is 1.29 bits per heavy atom. The van der Waals surface area contributed by atoms with Crippen LogP contribution in [0.4, 0.5) is 0 Å². The van der Waals surface area contributed by atoms with Crippen LogP contribution in [0.3, 0.4) is 0 Å². The van der Waals surface area contributed by atoms with E-state index in [1.54, 1.807) is 0 Å². The first-order chi connectivity index (χ1) is 6.92. The summed E-state index contributed by atoms with van der Waals surface area (Å²) in [4.78, 5) is 0. The Labute approximate surface area is 87.4 Å². The van der Waals surface area contributed by atoms with E-state index in [2.05, 4.69) is 12.2 Å². The highest BCUT2D eigenvalue weighted by Crippen LogP contribution is 2.37. The topological polar surface area (TPSA) is 21.3 Å². The van der Waals surface area contributed by atoms with Crippen molar-refractivity contribution in [3.63, 3.8) is 0 Å². The van der Waals surface area contributed by atoms with E-state index in [0.717, 1.165) is 31.1 Å². The van der Waals surface area contributed by atoms with Crippen molar-refractivity contribution in [2.45, 2.75) is 45.1 Å². The lowest BCUT2D eigenvalue weighted by Crippen LogP contribution is -2.42. The van der Waals surface area contributed by atoms with Gasteiger partial charge in [-0.25, -0.2) is 0 Å². The molecule has 82 valence electrons. The molecule has 0 spiro atoms. The molecule has 0 bridgehead atoms. The minimum atomic E-state index is 0.759. The maximum Gasteiger partial charge on any atom is 0.0509 e. The molecule has 2 heteroatoms. The molecule has 2 atom stereocenters. The zero-order valence-electron chi connectivity index (χ0n) is 9.30. The minimum absolute atomic E-state index is 0.759. The van der Waals surface area contributed by atoms with Gasteiger partial charge in [0.2, 0.25) is 0 Å². The van der Waals surface area contributed by atoms with Crippen molar-refractivity contribution in [1.29, 1.82) is 0 Å². The summed E-state index contributed by atoms with van der Waals surface area (Å²) in [6.07, 6.45) is 6.77. The fourth-order valence-corrected chi connectivity index (χ4v) is 2.53. The molecule has 0 radical (unpaired) electrons. The van der Waals surface area contributed by atoms with Gasteiger partial charge in [0.05, 0.1) is 6.61 Å². The molecular formula is C12H23NO. The number of nitrogens with one attached hydrogen (secondary N) is 1. The molecule has 1 saturated carbocycles. The Morgan fingerprint density at radius 2 is 2.14 bits per heavy atom. The first-order valence-corrected chi connectivity index (χ1v) is 6.23. The monoisotopic (exact) mass is 197 g/mol. The molecule has 1 aliphatic carbocycles. The molecule has 0 aromatic carbocycles. The molecule has 2 rings (SSSR count). The molecule has 1 heterocycles. The maximum atomic E-state index is 5.58. The molecule has 0 aromatic rings. The Morgan fingerprint density at radius 3 is 2.71 bits per heavy atom. The van der Waals surface area contributed by atoms with Crippen molar-refractivity contribution >= 4 is 0 Å². The zero-order valence-corrected chi connectivity index (χ0v) is 9.30. The second kappa shape index (κ2) is 5.13. The normalized spacial score (nSPS) is 30.2. The molecule has 14 heavy (non-hydrogen) atoms. The van der Waals surface area contributed by atoms with E-state index < -0.39 is 0 Å².